The quantitative estimate of drug-likeness (QED) is 0.675. The average molecular weight is 224 g/mol. The summed E-state index contributed by atoms with van der Waals surface area (Å²) in [4.78, 5) is 24.3. The Morgan fingerprint density at radius 1 is 1.25 bits per heavy atom. The van der Waals surface area contributed by atoms with Gasteiger partial charge in [0.05, 0.1) is 5.92 Å². The van der Waals surface area contributed by atoms with Gasteiger partial charge in [0, 0.05) is 11.8 Å². The molecule has 1 fully saturated rings. The Labute approximate surface area is 98.8 Å². The maximum absolute atomic E-state index is 12.3. The Kier molecular flexibility index (Phi) is 3.92. The van der Waals surface area contributed by atoms with Crippen LogP contribution in [0, 0.1) is 23.2 Å². The number of carbonyl (C=O) groups is 2. The van der Waals surface area contributed by atoms with Crippen molar-refractivity contribution in [1.82, 2.24) is 0 Å². The van der Waals surface area contributed by atoms with Crippen LogP contribution in [0.15, 0.2) is 0 Å². The highest BCUT2D eigenvalue weighted by molar-refractivity contribution is 6.04. The minimum absolute atomic E-state index is 0.00693. The van der Waals surface area contributed by atoms with E-state index in [2.05, 4.69) is 20.8 Å². The van der Waals surface area contributed by atoms with Crippen molar-refractivity contribution in [2.45, 2.75) is 53.9 Å². The molecule has 1 aliphatic rings. The molecular weight excluding hydrogens is 200 g/mol. The topological polar surface area (TPSA) is 34.1 Å². The standard InChI is InChI=1S/C14H24O2/c1-9(2)12(15)10-7-6-8-11(13(10)16)14(3,4)5/h9-11H,6-8H2,1-5H3. The van der Waals surface area contributed by atoms with Gasteiger partial charge in [-0.25, -0.2) is 0 Å². The van der Waals surface area contributed by atoms with Gasteiger partial charge in [0.2, 0.25) is 0 Å². The summed E-state index contributed by atoms with van der Waals surface area (Å²) in [5, 5.41) is 0. The van der Waals surface area contributed by atoms with Crippen molar-refractivity contribution in [3.05, 3.63) is 0 Å². The zero-order valence-electron chi connectivity index (χ0n) is 11.2. The summed E-state index contributed by atoms with van der Waals surface area (Å²) in [7, 11) is 0. The largest absolute Gasteiger partial charge is 0.299 e. The molecule has 2 nitrogen and oxygen atoms in total. The van der Waals surface area contributed by atoms with Crippen molar-refractivity contribution < 1.29 is 9.59 Å². The molecule has 1 rings (SSSR count). The third kappa shape index (κ3) is 2.72. The van der Waals surface area contributed by atoms with E-state index in [0.717, 1.165) is 19.3 Å². The molecule has 1 aliphatic carbocycles. The molecule has 0 amide bonds. The molecule has 0 saturated heterocycles. The van der Waals surface area contributed by atoms with Crippen LogP contribution in [-0.4, -0.2) is 11.6 Å². The Hall–Kier alpha value is -0.660. The molecule has 92 valence electrons. The predicted molar refractivity (Wildman–Crippen MR) is 65.1 cm³/mol. The van der Waals surface area contributed by atoms with E-state index >= 15 is 0 Å². The van der Waals surface area contributed by atoms with E-state index in [1.807, 2.05) is 13.8 Å². The smallest absolute Gasteiger partial charge is 0.146 e. The van der Waals surface area contributed by atoms with Gasteiger partial charge in [0.1, 0.15) is 11.6 Å². The summed E-state index contributed by atoms with van der Waals surface area (Å²) in [6, 6.07) is 0. The minimum atomic E-state index is -0.321. The minimum Gasteiger partial charge on any atom is -0.299 e. The van der Waals surface area contributed by atoms with Crippen LogP contribution in [0.3, 0.4) is 0 Å². The van der Waals surface area contributed by atoms with Crippen LogP contribution >= 0.6 is 0 Å². The van der Waals surface area contributed by atoms with Crippen LogP contribution in [0.2, 0.25) is 0 Å². The fraction of sp³-hybridized carbons (Fsp3) is 0.857. The second-order valence-electron chi connectivity index (χ2n) is 6.36. The highest BCUT2D eigenvalue weighted by Crippen LogP contribution is 2.38. The van der Waals surface area contributed by atoms with Crippen LogP contribution in [0.1, 0.15) is 53.9 Å². The lowest BCUT2D eigenvalue weighted by Crippen LogP contribution is -2.41. The highest BCUT2D eigenvalue weighted by atomic mass is 16.2. The van der Waals surface area contributed by atoms with E-state index in [9.17, 15) is 9.59 Å². The monoisotopic (exact) mass is 224 g/mol. The van der Waals surface area contributed by atoms with Gasteiger partial charge in [-0.1, -0.05) is 41.0 Å². The first-order valence-electron chi connectivity index (χ1n) is 6.32. The molecule has 0 bridgehead atoms. The molecule has 0 aromatic rings. The van der Waals surface area contributed by atoms with Crippen molar-refractivity contribution in [3.63, 3.8) is 0 Å². The van der Waals surface area contributed by atoms with Gasteiger partial charge in [-0.2, -0.15) is 0 Å². The molecule has 0 aromatic carbocycles. The third-order valence-corrected chi connectivity index (χ3v) is 3.63. The Balaban J connectivity index is 2.84. The second-order valence-corrected chi connectivity index (χ2v) is 6.36. The molecule has 2 atom stereocenters. The first-order chi connectivity index (χ1) is 7.25. The predicted octanol–water partition coefficient (Wildman–Crippen LogP) is 3.24. The zero-order valence-corrected chi connectivity index (χ0v) is 11.2. The van der Waals surface area contributed by atoms with Crippen LogP contribution in [0.4, 0.5) is 0 Å². The molecular formula is C14H24O2. The van der Waals surface area contributed by atoms with E-state index in [4.69, 9.17) is 0 Å². The first kappa shape index (κ1) is 13.4. The van der Waals surface area contributed by atoms with E-state index in [0.29, 0.717) is 0 Å². The number of hydrogen-bond donors (Lipinski definition) is 0. The molecule has 1 saturated carbocycles. The molecule has 0 aliphatic heterocycles. The Morgan fingerprint density at radius 3 is 2.25 bits per heavy atom. The van der Waals surface area contributed by atoms with Gasteiger partial charge < -0.3 is 0 Å². The fourth-order valence-corrected chi connectivity index (χ4v) is 2.60. The van der Waals surface area contributed by atoms with E-state index in [1.54, 1.807) is 0 Å². The molecule has 0 heterocycles. The van der Waals surface area contributed by atoms with Gasteiger partial charge in [-0.05, 0) is 18.3 Å². The highest BCUT2D eigenvalue weighted by Gasteiger charge is 2.41. The summed E-state index contributed by atoms with van der Waals surface area (Å²) >= 11 is 0. The normalized spacial score (nSPS) is 27.2. The number of Topliss-reactive ketones (excluding diaryl/α,β-unsaturated/α-hetero) is 2. The van der Waals surface area contributed by atoms with Gasteiger partial charge in [0.25, 0.3) is 0 Å². The van der Waals surface area contributed by atoms with E-state index < -0.39 is 0 Å². The summed E-state index contributed by atoms with van der Waals surface area (Å²) in [6.45, 7) is 10.1. The van der Waals surface area contributed by atoms with Crippen molar-refractivity contribution in [2.75, 3.05) is 0 Å². The van der Waals surface area contributed by atoms with Gasteiger partial charge in [0.15, 0.2) is 0 Å². The zero-order chi connectivity index (χ0) is 12.5. The van der Waals surface area contributed by atoms with Crippen molar-refractivity contribution >= 4 is 11.6 Å². The average Bonchev–Trinajstić information content (AvgIpc) is 2.15. The maximum atomic E-state index is 12.3. The molecule has 0 spiro atoms. The SMILES string of the molecule is CC(C)C(=O)C1CCCC(C(C)(C)C)C1=O. The Bertz CT molecular complexity index is 284. The van der Waals surface area contributed by atoms with Crippen molar-refractivity contribution in [2.24, 2.45) is 23.2 Å². The lowest BCUT2D eigenvalue weighted by Gasteiger charge is -2.36. The van der Waals surface area contributed by atoms with Gasteiger partial charge in [-0.3, -0.25) is 9.59 Å². The maximum Gasteiger partial charge on any atom is 0.146 e. The summed E-state index contributed by atoms with van der Waals surface area (Å²) in [6.07, 6.45) is 2.73. The molecule has 0 aromatic heterocycles. The van der Waals surface area contributed by atoms with E-state index in [-0.39, 0.29) is 34.7 Å². The van der Waals surface area contributed by atoms with E-state index in [1.165, 1.54) is 0 Å². The lowest BCUT2D eigenvalue weighted by atomic mass is 9.66. The lowest BCUT2D eigenvalue weighted by molar-refractivity contribution is -0.141. The van der Waals surface area contributed by atoms with Crippen LogP contribution < -0.4 is 0 Å². The summed E-state index contributed by atoms with van der Waals surface area (Å²) in [5.74, 6) is 0.0518. The van der Waals surface area contributed by atoms with Gasteiger partial charge >= 0.3 is 0 Å². The van der Waals surface area contributed by atoms with Crippen molar-refractivity contribution in [1.29, 1.82) is 0 Å². The molecule has 2 heteroatoms. The number of carbonyl (C=O) groups excluding carboxylic acids is 2. The first-order valence-corrected chi connectivity index (χ1v) is 6.32. The molecule has 2 unspecified atom stereocenters. The summed E-state index contributed by atoms with van der Waals surface area (Å²) in [5.41, 5.74) is -0.00693. The van der Waals surface area contributed by atoms with Crippen LogP contribution in [0.5, 0.6) is 0 Å². The summed E-state index contributed by atoms with van der Waals surface area (Å²) < 4.78 is 0. The third-order valence-electron chi connectivity index (χ3n) is 3.63. The van der Waals surface area contributed by atoms with Crippen LogP contribution in [0.25, 0.3) is 0 Å². The molecule has 0 radical (unpaired) electrons. The second kappa shape index (κ2) is 4.68. The number of ketones is 2. The van der Waals surface area contributed by atoms with Crippen LogP contribution in [-0.2, 0) is 9.59 Å². The molecule has 0 N–H and O–H groups in total. The van der Waals surface area contributed by atoms with Gasteiger partial charge in [-0.15, -0.1) is 0 Å². The fourth-order valence-electron chi connectivity index (χ4n) is 2.60. The van der Waals surface area contributed by atoms with Crippen molar-refractivity contribution in [3.8, 4) is 0 Å². The number of rotatable bonds is 2. The Morgan fingerprint density at radius 2 is 1.81 bits per heavy atom. The number of hydrogen-bond acceptors (Lipinski definition) is 2. The molecule has 16 heavy (non-hydrogen) atoms.